The fourth-order valence-corrected chi connectivity index (χ4v) is 3.85. The molecule has 1 unspecified atom stereocenters. The van der Waals surface area contributed by atoms with Crippen LogP contribution in [0.3, 0.4) is 0 Å². The number of aliphatic hydroxyl groups excluding tert-OH is 1. The van der Waals surface area contributed by atoms with Gasteiger partial charge in [-0.1, -0.05) is 12.1 Å². The van der Waals surface area contributed by atoms with Gasteiger partial charge in [-0.05, 0) is 44.5 Å². The Kier molecular flexibility index (Phi) is 8.40. The normalized spacial score (nSPS) is 15.0. The first-order chi connectivity index (χ1) is 17.0. The van der Waals surface area contributed by atoms with E-state index in [1.54, 1.807) is 19.4 Å². The van der Waals surface area contributed by atoms with Crippen LogP contribution in [-0.4, -0.2) is 77.6 Å². The minimum absolute atomic E-state index is 0.190. The molecule has 2 aromatic heterocycles. The average molecular weight is 480 g/mol. The van der Waals surface area contributed by atoms with Crippen molar-refractivity contribution in [1.82, 2.24) is 25.3 Å². The van der Waals surface area contributed by atoms with Crippen LogP contribution in [0.25, 0.3) is 11.4 Å². The number of nitrogens with one attached hydrogen (secondary N) is 2. The first-order valence-electron chi connectivity index (χ1n) is 11.8. The van der Waals surface area contributed by atoms with Crippen LogP contribution in [0.15, 0.2) is 42.7 Å². The van der Waals surface area contributed by atoms with Crippen LogP contribution < -0.4 is 20.3 Å². The summed E-state index contributed by atoms with van der Waals surface area (Å²) in [6.07, 6.45) is 4.81. The molecular formula is C25H33N7O3. The Morgan fingerprint density at radius 1 is 1.17 bits per heavy atom. The van der Waals surface area contributed by atoms with E-state index in [4.69, 9.17) is 19.4 Å². The number of hydrogen-bond donors (Lipinski definition) is 3. The van der Waals surface area contributed by atoms with Gasteiger partial charge in [0, 0.05) is 56.9 Å². The van der Waals surface area contributed by atoms with Crippen molar-refractivity contribution in [3.63, 3.8) is 0 Å². The van der Waals surface area contributed by atoms with Gasteiger partial charge < -0.3 is 30.1 Å². The molecule has 4 rings (SSSR count). The van der Waals surface area contributed by atoms with E-state index < -0.39 is 6.10 Å². The van der Waals surface area contributed by atoms with E-state index in [0.29, 0.717) is 35.9 Å². The van der Waals surface area contributed by atoms with Gasteiger partial charge in [0.2, 0.25) is 5.95 Å². The van der Waals surface area contributed by atoms with Gasteiger partial charge in [-0.25, -0.2) is 19.9 Å². The van der Waals surface area contributed by atoms with Crippen LogP contribution in [-0.2, 0) is 4.74 Å². The monoisotopic (exact) mass is 479 g/mol. The molecule has 0 bridgehead atoms. The standard InChI is InChI=1S/C25H33N7O3/c1-17-13-27-25(28-14-17)30-22-12-23(32(3)19-7-9-34-10-8-19)31-24(29-22)18-5-4-6-21(11-18)35-16-20(33)15-26-2/h4-6,11-14,19-20,26,33H,7-10,15-16H2,1-3H3,(H,27,28,29,30,31). The van der Waals surface area contributed by atoms with E-state index in [2.05, 4.69) is 32.5 Å². The maximum atomic E-state index is 9.97. The summed E-state index contributed by atoms with van der Waals surface area (Å²) in [5, 5.41) is 16.1. The van der Waals surface area contributed by atoms with Crippen LogP contribution in [0.2, 0.25) is 0 Å². The topological polar surface area (TPSA) is 118 Å². The molecule has 3 N–H and O–H groups in total. The zero-order chi connectivity index (χ0) is 24.6. The molecule has 1 aromatic carbocycles. The highest BCUT2D eigenvalue weighted by Crippen LogP contribution is 2.28. The lowest BCUT2D eigenvalue weighted by atomic mass is 10.1. The number of nitrogens with zero attached hydrogens (tertiary/aromatic N) is 5. The predicted octanol–water partition coefficient (Wildman–Crippen LogP) is 2.56. The molecule has 0 radical (unpaired) electrons. The molecule has 10 nitrogen and oxygen atoms in total. The molecule has 1 aliphatic heterocycles. The second-order valence-electron chi connectivity index (χ2n) is 8.65. The summed E-state index contributed by atoms with van der Waals surface area (Å²) < 4.78 is 11.3. The quantitative estimate of drug-likeness (QED) is 0.400. The highest BCUT2D eigenvalue weighted by molar-refractivity contribution is 5.65. The summed E-state index contributed by atoms with van der Waals surface area (Å²) in [7, 11) is 3.84. The Morgan fingerprint density at radius 2 is 1.94 bits per heavy atom. The summed E-state index contributed by atoms with van der Waals surface area (Å²) in [6, 6.07) is 9.81. The molecule has 0 spiro atoms. The number of ether oxygens (including phenoxy) is 2. The van der Waals surface area contributed by atoms with Crippen molar-refractivity contribution in [2.75, 3.05) is 50.7 Å². The molecular weight excluding hydrogens is 446 g/mol. The van der Waals surface area contributed by atoms with Gasteiger partial charge in [0.1, 0.15) is 30.1 Å². The van der Waals surface area contributed by atoms with Crippen molar-refractivity contribution in [1.29, 1.82) is 0 Å². The second kappa shape index (κ2) is 11.9. The molecule has 1 saturated heterocycles. The number of hydrogen-bond acceptors (Lipinski definition) is 10. The van der Waals surface area contributed by atoms with Crippen LogP contribution in [0.4, 0.5) is 17.6 Å². The molecule has 1 aliphatic rings. The lowest BCUT2D eigenvalue weighted by Crippen LogP contribution is -2.37. The number of benzene rings is 1. The zero-order valence-corrected chi connectivity index (χ0v) is 20.4. The van der Waals surface area contributed by atoms with Gasteiger partial charge in [0.15, 0.2) is 5.82 Å². The third-order valence-corrected chi connectivity index (χ3v) is 5.81. The van der Waals surface area contributed by atoms with Crippen molar-refractivity contribution < 1.29 is 14.6 Å². The van der Waals surface area contributed by atoms with E-state index in [1.165, 1.54) is 0 Å². The molecule has 3 aromatic rings. The predicted molar refractivity (Wildman–Crippen MR) is 135 cm³/mol. The number of rotatable bonds is 10. The summed E-state index contributed by atoms with van der Waals surface area (Å²) in [5.74, 6) is 3.06. The smallest absolute Gasteiger partial charge is 0.228 e. The van der Waals surface area contributed by atoms with Gasteiger partial charge >= 0.3 is 0 Å². The molecule has 0 saturated carbocycles. The fraction of sp³-hybridized carbons (Fsp3) is 0.440. The van der Waals surface area contributed by atoms with E-state index in [9.17, 15) is 5.11 Å². The zero-order valence-electron chi connectivity index (χ0n) is 20.4. The van der Waals surface area contributed by atoms with Crippen molar-refractivity contribution in [3.05, 3.63) is 48.3 Å². The lowest BCUT2D eigenvalue weighted by Gasteiger charge is -2.32. The number of aryl methyl sites for hydroxylation is 1. The highest BCUT2D eigenvalue weighted by Gasteiger charge is 2.21. The number of anilines is 3. The molecule has 186 valence electrons. The Labute approximate surface area is 205 Å². The summed E-state index contributed by atoms with van der Waals surface area (Å²) >= 11 is 0. The first-order valence-corrected chi connectivity index (χ1v) is 11.8. The SMILES string of the molecule is CNCC(O)COc1cccc(-c2nc(Nc3ncc(C)cn3)cc(N(C)C3CCOCC3)n2)c1. The summed E-state index contributed by atoms with van der Waals surface area (Å²) in [5.41, 5.74) is 1.79. The minimum Gasteiger partial charge on any atom is -0.491 e. The van der Waals surface area contributed by atoms with Gasteiger partial charge in [0.25, 0.3) is 0 Å². The Morgan fingerprint density at radius 3 is 2.69 bits per heavy atom. The highest BCUT2D eigenvalue weighted by atomic mass is 16.5. The largest absolute Gasteiger partial charge is 0.491 e. The van der Waals surface area contributed by atoms with Gasteiger partial charge in [0.05, 0.1) is 0 Å². The van der Waals surface area contributed by atoms with E-state index in [0.717, 1.165) is 43.0 Å². The van der Waals surface area contributed by atoms with E-state index in [-0.39, 0.29) is 6.61 Å². The van der Waals surface area contributed by atoms with E-state index in [1.807, 2.05) is 37.3 Å². The van der Waals surface area contributed by atoms with Gasteiger partial charge in [-0.2, -0.15) is 0 Å². The van der Waals surface area contributed by atoms with Crippen LogP contribution in [0.1, 0.15) is 18.4 Å². The first kappa shape index (κ1) is 24.8. The second-order valence-corrected chi connectivity index (χ2v) is 8.65. The molecule has 10 heteroatoms. The summed E-state index contributed by atoms with van der Waals surface area (Å²) in [6.45, 7) is 4.08. The maximum absolute atomic E-state index is 9.97. The molecule has 3 heterocycles. The Hall–Kier alpha value is -3.34. The number of aromatic nitrogens is 4. The lowest BCUT2D eigenvalue weighted by molar-refractivity contribution is 0.0853. The average Bonchev–Trinajstić information content (AvgIpc) is 2.89. The number of likely N-dealkylation sites (N-methyl/N-ethyl adjacent to an activating group) is 1. The maximum Gasteiger partial charge on any atom is 0.228 e. The molecule has 0 amide bonds. The van der Waals surface area contributed by atoms with Crippen molar-refractivity contribution in [2.24, 2.45) is 0 Å². The van der Waals surface area contributed by atoms with E-state index >= 15 is 0 Å². The van der Waals surface area contributed by atoms with Crippen LogP contribution >= 0.6 is 0 Å². The van der Waals surface area contributed by atoms with Crippen molar-refractivity contribution in [3.8, 4) is 17.1 Å². The van der Waals surface area contributed by atoms with Crippen LogP contribution in [0, 0.1) is 6.92 Å². The molecule has 0 aliphatic carbocycles. The summed E-state index contributed by atoms with van der Waals surface area (Å²) in [4.78, 5) is 20.5. The van der Waals surface area contributed by atoms with Crippen molar-refractivity contribution in [2.45, 2.75) is 31.9 Å². The van der Waals surface area contributed by atoms with Gasteiger partial charge in [-0.15, -0.1) is 0 Å². The number of aliphatic hydroxyl groups is 1. The van der Waals surface area contributed by atoms with Crippen LogP contribution in [0.5, 0.6) is 5.75 Å². The van der Waals surface area contributed by atoms with Gasteiger partial charge in [-0.3, -0.25) is 0 Å². The third-order valence-electron chi connectivity index (χ3n) is 5.81. The molecule has 1 atom stereocenters. The third kappa shape index (κ3) is 6.84. The minimum atomic E-state index is -0.596. The fourth-order valence-electron chi connectivity index (χ4n) is 3.85. The Bertz CT molecular complexity index is 1090. The Balaban J connectivity index is 1.63. The molecule has 35 heavy (non-hydrogen) atoms. The molecule has 1 fully saturated rings. The van der Waals surface area contributed by atoms with Crippen molar-refractivity contribution >= 4 is 17.6 Å².